The average molecular weight is 237 g/mol. The number of rotatable bonds is 6. The van der Waals surface area contributed by atoms with Crippen LogP contribution in [0.4, 0.5) is 0 Å². The van der Waals surface area contributed by atoms with Crippen molar-refractivity contribution in [1.29, 1.82) is 0 Å². The predicted octanol–water partition coefficient (Wildman–Crippen LogP) is 1.89. The van der Waals surface area contributed by atoms with E-state index in [0.29, 0.717) is 0 Å². The Bertz CT molecular complexity index is 294. The van der Waals surface area contributed by atoms with Gasteiger partial charge in [-0.15, -0.1) is 0 Å². The van der Waals surface area contributed by atoms with E-state index in [-0.39, 0.29) is 0 Å². The average Bonchev–Trinajstić information content (AvgIpc) is 2.83. The molecule has 17 heavy (non-hydrogen) atoms. The highest BCUT2D eigenvalue weighted by atomic mass is 16.5. The van der Waals surface area contributed by atoms with E-state index in [1.54, 1.807) is 6.20 Å². The summed E-state index contributed by atoms with van der Waals surface area (Å²) in [5, 5.41) is 7.19. The van der Waals surface area contributed by atoms with Crippen molar-refractivity contribution in [2.24, 2.45) is 5.92 Å². The molecule has 0 bridgehead atoms. The normalized spacial score (nSPS) is 17.8. The van der Waals surface area contributed by atoms with Gasteiger partial charge in [-0.3, -0.25) is 4.90 Å². The van der Waals surface area contributed by atoms with Crippen LogP contribution in [-0.2, 0) is 6.54 Å². The molecular formula is C13H23N3O. The number of nitrogens with zero attached hydrogens (tertiary/aromatic N) is 2. The molecule has 0 saturated carbocycles. The van der Waals surface area contributed by atoms with Gasteiger partial charge in [0.15, 0.2) is 5.76 Å². The summed E-state index contributed by atoms with van der Waals surface area (Å²) >= 11 is 0. The highest BCUT2D eigenvalue weighted by Crippen LogP contribution is 2.15. The van der Waals surface area contributed by atoms with E-state index in [9.17, 15) is 0 Å². The molecule has 4 nitrogen and oxygen atoms in total. The molecule has 0 aliphatic carbocycles. The van der Waals surface area contributed by atoms with Crippen LogP contribution in [0.3, 0.4) is 0 Å². The van der Waals surface area contributed by atoms with Crippen LogP contribution in [0.2, 0.25) is 0 Å². The van der Waals surface area contributed by atoms with Gasteiger partial charge in [-0.1, -0.05) is 12.1 Å². The van der Waals surface area contributed by atoms with Crippen molar-refractivity contribution < 1.29 is 4.52 Å². The smallest absolute Gasteiger partial charge is 0.150 e. The molecule has 0 amide bonds. The van der Waals surface area contributed by atoms with Crippen LogP contribution >= 0.6 is 0 Å². The number of piperidine rings is 1. The molecule has 2 rings (SSSR count). The minimum Gasteiger partial charge on any atom is -0.360 e. The van der Waals surface area contributed by atoms with E-state index < -0.39 is 0 Å². The van der Waals surface area contributed by atoms with Crippen molar-refractivity contribution in [2.45, 2.75) is 32.7 Å². The molecule has 1 aliphatic heterocycles. The number of hydrogen-bond acceptors (Lipinski definition) is 4. The first-order valence-electron chi connectivity index (χ1n) is 6.71. The van der Waals surface area contributed by atoms with Crippen LogP contribution in [-0.4, -0.2) is 36.2 Å². The van der Waals surface area contributed by atoms with Crippen LogP contribution in [0, 0.1) is 5.92 Å². The highest BCUT2D eigenvalue weighted by Gasteiger charge is 2.17. The minimum atomic E-state index is 0.839. The molecule has 96 valence electrons. The third-order valence-corrected chi connectivity index (χ3v) is 3.39. The van der Waals surface area contributed by atoms with E-state index in [2.05, 4.69) is 22.3 Å². The quantitative estimate of drug-likeness (QED) is 0.820. The standard InChI is InChI=1S/C13H23N3O/c1-2-9-16(11-13-5-8-15-17-13)10-12-3-6-14-7-4-12/h5,8,12,14H,2-4,6-7,9-11H2,1H3. The van der Waals surface area contributed by atoms with Crippen LogP contribution in [0.1, 0.15) is 31.9 Å². The molecule has 1 aromatic rings. The third kappa shape index (κ3) is 4.13. The molecular weight excluding hydrogens is 214 g/mol. The largest absolute Gasteiger partial charge is 0.360 e. The van der Waals surface area contributed by atoms with E-state index >= 15 is 0 Å². The summed E-state index contributed by atoms with van der Waals surface area (Å²) in [6, 6.07) is 1.96. The maximum absolute atomic E-state index is 5.20. The second-order valence-corrected chi connectivity index (χ2v) is 4.91. The van der Waals surface area contributed by atoms with Gasteiger partial charge in [0.1, 0.15) is 0 Å². The van der Waals surface area contributed by atoms with Gasteiger partial charge in [-0.2, -0.15) is 0 Å². The van der Waals surface area contributed by atoms with Gasteiger partial charge in [-0.25, -0.2) is 0 Å². The first kappa shape index (κ1) is 12.6. The molecule has 2 heterocycles. The van der Waals surface area contributed by atoms with Crippen LogP contribution in [0.5, 0.6) is 0 Å². The Kier molecular flexibility index (Phi) is 5.01. The molecule has 4 heteroatoms. The van der Waals surface area contributed by atoms with E-state index in [4.69, 9.17) is 4.52 Å². The fourth-order valence-electron chi connectivity index (χ4n) is 2.52. The number of hydrogen-bond donors (Lipinski definition) is 1. The molecule has 0 unspecified atom stereocenters. The van der Waals surface area contributed by atoms with Crippen LogP contribution in [0.15, 0.2) is 16.8 Å². The fourth-order valence-corrected chi connectivity index (χ4v) is 2.52. The molecule has 0 atom stereocenters. The minimum absolute atomic E-state index is 0.839. The van der Waals surface area contributed by atoms with Gasteiger partial charge in [0.2, 0.25) is 0 Å². The van der Waals surface area contributed by atoms with Crippen LogP contribution < -0.4 is 5.32 Å². The van der Waals surface area contributed by atoms with E-state index in [0.717, 1.165) is 24.8 Å². The monoisotopic (exact) mass is 237 g/mol. The van der Waals surface area contributed by atoms with E-state index in [1.807, 2.05) is 6.07 Å². The summed E-state index contributed by atoms with van der Waals surface area (Å²) in [5.41, 5.74) is 0. The zero-order valence-electron chi connectivity index (χ0n) is 10.7. The van der Waals surface area contributed by atoms with Gasteiger partial charge < -0.3 is 9.84 Å². The molecule has 1 aliphatic rings. The zero-order valence-corrected chi connectivity index (χ0v) is 10.7. The SMILES string of the molecule is CCCN(Cc1ccno1)CC1CCNCC1. The summed E-state index contributed by atoms with van der Waals surface area (Å²) in [7, 11) is 0. The lowest BCUT2D eigenvalue weighted by Gasteiger charge is -2.29. The Balaban J connectivity index is 1.83. The molecule has 0 aromatic carbocycles. The van der Waals surface area contributed by atoms with Crippen molar-refractivity contribution in [2.75, 3.05) is 26.2 Å². The summed E-state index contributed by atoms with van der Waals surface area (Å²) in [6.07, 6.45) is 5.52. The second kappa shape index (κ2) is 6.77. The van der Waals surface area contributed by atoms with Gasteiger partial charge in [0, 0.05) is 12.6 Å². The summed E-state index contributed by atoms with van der Waals surface area (Å²) in [5.74, 6) is 1.82. The Hall–Kier alpha value is -0.870. The van der Waals surface area contributed by atoms with Gasteiger partial charge in [-0.05, 0) is 44.8 Å². The lowest BCUT2D eigenvalue weighted by Crippen LogP contribution is -2.36. The maximum atomic E-state index is 5.20. The maximum Gasteiger partial charge on any atom is 0.150 e. The molecule has 1 saturated heterocycles. The van der Waals surface area contributed by atoms with Gasteiger partial charge in [0.25, 0.3) is 0 Å². The Morgan fingerprint density at radius 2 is 2.29 bits per heavy atom. The number of nitrogens with one attached hydrogen (secondary N) is 1. The molecule has 1 aromatic heterocycles. The Labute approximate surface area is 103 Å². The molecule has 1 fully saturated rings. The van der Waals surface area contributed by atoms with Crippen LogP contribution in [0.25, 0.3) is 0 Å². The third-order valence-electron chi connectivity index (χ3n) is 3.39. The summed E-state index contributed by atoms with van der Waals surface area (Å²) in [6.45, 7) is 7.81. The van der Waals surface area contributed by atoms with Crippen molar-refractivity contribution in [3.8, 4) is 0 Å². The summed E-state index contributed by atoms with van der Waals surface area (Å²) < 4.78 is 5.20. The van der Waals surface area contributed by atoms with Crippen molar-refractivity contribution >= 4 is 0 Å². The lowest BCUT2D eigenvalue weighted by molar-refractivity contribution is 0.181. The highest BCUT2D eigenvalue weighted by molar-refractivity contribution is 4.92. The van der Waals surface area contributed by atoms with Crippen molar-refractivity contribution in [1.82, 2.24) is 15.4 Å². The first-order chi connectivity index (χ1) is 8.38. The first-order valence-corrected chi connectivity index (χ1v) is 6.71. The topological polar surface area (TPSA) is 41.3 Å². The fraction of sp³-hybridized carbons (Fsp3) is 0.769. The second-order valence-electron chi connectivity index (χ2n) is 4.91. The lowest BCUT2D eigenvalue weighted by atomic mass is 9.97. The Morgan fingerprint density at radius 1 is 1.47 bits per heavy atom. The predicted molar refractivity (Wildman–Crippen MR) is 67.7 cm³/mol. The van der Waals surface area contributed by atoms with Crippen molar-refractivity contribution in [3.63, 3.8) is 0 Å². The van der Waals surface area contributed by atoms with Gasteiger partial charge >= 0.3 is 0 Å². The van der Waals surface area contributed by atoms with Crippen molar-refractivity contribution in [3.05, 3.63) is 18.0 Å². The summed E-state index contributed by atoms with van der Waals surface area (Å²) in [4.78, 5) is 2.50. The molecule has 0 radical (unpaired) electrons. The van der Waals surface area contributed by atoms with Gasteiger partial charge in [0.05, 0.1) is 12.7 Å². The van der Waals surface area contributed by atoms with E-state index in [1.165, 1.54) is 38.9 Å². The number of aromatic nitrogens is 1. The molecule has 0 spiro atoms. The Morgan fingerprint density at radius 3 is 2.94 bits per heavy atom. The zero-order chi connectivity index (χ0) is 11.9. The molecule has 1 N–H and O–H groups in total.